The van der Waals surface area contributed by atoms with Crippen molar-refractivity contribution >= 4 is 28.8 Å². The molecule has 0 unspecified atom stereocenters. The molecule has 0 radical (unpaired) electrons. The Kier molecular flexibility index (Phi) is 5.82. The van der Waals surface area contributed by atoms with E-state index in [1.165, 1.54) is 4.90 Å². The van der Waals surface area contributed by atoms with Gasteiger partial charge in [0.15, 0.2) is 0 Å². The molecule has 0 saturated heterocycles. The van der Waals surface area contributed by atoms with E-state index in [1.807, 2.05) is 74.2 Å². The van der Waals surface area contributed by atoms with E-state index in [0.29, 0.717) is 29.3 Å². The molecular weight excluding hydrogens is 400 g/mol. The van der Waals surface area contributed by atoms with Gasteiger partial charge in [0.25, 0.3) is 11.8 Å². The lowest BCUT2D eigenvalue weighted by atomic mass is 9.97. The molecule has 5 nitrogen and oxygen atoms in total. The second-order valence-electron chi connectivity index (χ2n) is 7.77. The van der Waals surface area contributed by atoms with Gasteiger partial charge in [0, 0.05) is 18.3 Å². The molecule has 3 aromatic carbocycles. The molecule has 4 rings (SSSR count). The van der Waals surface area contributed by atoms with Crippen molar-refractivity contribution in [2.75, 3.05) is 23.5 Å². The van der Waals surface area contributed by atoms with Gasteiger partial charge in [0.2, 0.25) is 0 Å². The van der Waals surface area contributed by atoms with Crippen LogP contribution in [0.1, 0.15) is 23.6 Å². The van der Waals surface area contributed by atoms with Crippen LogP contribution in [0.2, 0.25) is 0 Å². The van der Waals surface area contributed by atoms with Crippen molar-refractivity contribution in [3.8, 4) is 5.75 Å². The summed E-state index contributed by atoms with van der Waals surface area (Å²) in [6.45, 7) is 6.50. The van der Waals surface area contributed by atoms with Gasteiger partial charge >= 0.3 is 0 Å². The molecule has 0 fully saturated rings. The summed E-state index contributed by atoms with van der Waals surface area (Å²) in [5, 5.41) is 0. The van der Waals surface area contributed by atoms with Crippen molar-refractivity contribution in [3.63, 3.8) is 0 Å². The van der Waals surface area contributed by atoms with Crippen LogP contribution < -0.4 is 14.5 Å². The Bertz CT molecular complexity index is 1210. The Labute approximate surface area is 188 Å². The normalized spacial score (nSPS) is 13.7. The lowest BCUT2D eigenvalue weighted by molar-refractivity contribution is -0.120. The van der Waals surface area contributed by atoms with Crippen LogP contribution in [-0.4, -0.2) is 25.5 Å². The summed E-state index contributed by atoms with van der Waals surface area (Å²) in [7, 11) is 1.56. The SMILES string of the molecule is CCN(C1=C(c2ccc(C)cc2C)C(=O)N(c2cccc(OC)c2)C1=O)c1ccccc1. The number of para-hydroxylation sites is 1. The largest absolute Gasteiger partial charge is 0.497 e. The number of likely N-dealkylation sites (N-methyl/N-ethyl adjacent to an activating group) is 1. The number of carbonyl (C=O) groups is 2. The van der Waals surface area contributed by atoms with Crippen LogP contribution in [-0.2, 0) is 9.59 Å². The first-order valence-electron chi connectivity index (χ1n) is 10.6. The third-order valence-electron chi connectivity index (χ3n) is 5.68. The molecule has 3 aromatic rings. The molecule has 0 aromatic heterocycles. The molecule has 0 saturated carbocycles. The number of amides is 2. The maximum Gasteiger partial charge on any atom is 0.282 e. The minimum Gasteiger partial charge on any atom is -0.497 e. The Morgan fingerprint density at radius 3 is 2.28 bits per heavy atom. The molecule has 1 aliphatic rings. The standard InChI is InChI=1S/C27H26N2O3/c1-5-28(20-10-7-6-8-11-20)25-24(23-15-14-18(2)16-19(23)3)26(30)29(27(25)31)21-12-9-13-22(17-21)32-4/h6-17H,5H2,1-4H3. The third kappa shape index (κ3) is 3.66. The number of methoxy groups -OCH3 is 1. The topological polar surface area (TPSA) is 49.9 Å². The predicted molar refractivity (Wildman–Crippen MR) is 128 cm³/mol. The fourth-order valence-electron chi connectivity index (χ4n) is 4.17. The molecule has 2 amide bonds. The zero-order valence-electron chi connectivity index (χ0n) is 18.8. The zero-order valence-corrected chi connectivity index (χ0v) is 18.8. The minimum atomic E-state index is -0.344. The Morgan fingerprint density at radius 2 is 1.62 bits per heavy atom. The number of rotatable bonds is 6. The molecule has 0 N–H and O–H groups in total. The lowest BCUT2D eigenvalue weighted by Gasteiger charge is -2.25. The number of hydrogen-bond donors (Lipinski definition) is 0. The van der Waals surface area contributed by atoms with Crippen LogP contribution in [0.15, 0.2) is 78.5 Å². The summed E-state index contributed by atoms with van der Waals surface area (Å²) in [5.41, 5.74) is 4.98. The van der Waals surface area contributed by atoms with E-state index >= 15 is 0 Å². The van der Waals surface area contributed by atoms with E-state index in [4.69, 9.17) is 4.74 Å². The van der Waals surface area contributed by atoms with Crippen LogP contribution in [0.25, 0.3) is 5.57 Å². The van der Waals surface area contributed by atoms with E-state index < -0.39 is 0 Å². The van der Waals surface area contributed by atoms with Crippen LogP contribution >= 0.6 is 0 Å². The molecule has 5 heteroatoms. The first kappa shape index (κ1) is 21.4. The van der Waals surface area contributed by atoms with Crippen molar-refractivity contribution in [3.05, 3.63) is 95.2 Å². The summed E-state index contributed by atoms with van der Waals surface area (Å²) in [6.07, 6.45) is 0. The predicted octanol–water partition coefficient (Wildman–Crippen LogP) is 5.12. The van der Waals surface area contributed by atoms with E-state index in [9.17, 15) is 9.59 Å². The van der Waals surface area contributed by atoms with Crippen molar-refractivity contribution in [1.82, 2.24) is 0 Å². The Morgan fingerprint density at radius 1 is 0.875 bits per heavy atom. The maximum atomic E-state index is 13.8. The van der Waals surface area contributed by atoms with Crippen LogP contribution in [0.4, 0.5) is 11.4 Å². The van der Waals surface area contributed by atoms with E-state index in [2.05, 4.69) is 0 Å². The minimum absolute atomic E-state index is 0.334. The van der Waals surface area contributed by atoms with Crippen molar-refractivity contribution in [2.45, 2.75) is 20.8 Å². The second kappa shape index (κ2) is 8.71. The van der Waals surface area contributed by atoms with Gasteiger partial charge in [0.1, 0.15) is 11.4 Å². The fraction of sp³-hybridized carbons (Fsp3) is 0.185. The third-order valence-corrected chi connectivity index (χ3v) is 5.68. The number of anilines is 2. The molecule has 0 aliphatic carbocycles. The summed E-state index contributed by atoms with van der Waals surface area (Å²) >= 11 is 0. The lowest BCUT2D eigenvalue weighted by Crippen LogP contribution is -2.35. The summed E-state index contributed by atoms with van der Waals surface area (Å²) in [4.78, 5) is 30.8. The fourth-order valence-corrected chi connectivity index (χ4v) is 4.17. The van der Waals surface area contributed by atoms with Gasteiger partial charge in [0.05, 0.1) is 18.4 Å². The van der Waals surface area contributed by atoms with Gasteiger partial charge < -0.3 is 9.64 Å². The monoisotopic (exact) mass is 426 g/mol. The van der Waals surface area contributed by atoms with Gasteiger partial charge in [-0.2, -0.15) is 0 Å². The number of ether oxygens (including phenoxy) is 1. The van der Waals surface area contributed by atoms with E-state index in [-0.39, 0.29) is 11.8 Å². The summed E-state index contributed by atoms with van der Waals surface area (Å²) in [6, 6.07) is 22.6. The number of carbonyl (C=O) groups excluding carboxylic acids is 2. The van der Waals surface area contributed by atoms with E-state index in [1.54, 1.807) is 31.4 Å². The average Bonchev–Trinajstić information content (AvgIpc) is 3.05. The maximum absolute atomic E-state index is 13.8. The van der Waals surface area contributed by atoms with Crippen LogP contribution in [0.5, 0.6) is 5.75 Å². The highest BCUT2D eigenvalue weighted by atomic mass is 16.5. The summed E-state index contributed by atoms with van der Waals surface area (Å²) < 4.78 is 5.32. The zero-order chi connectivity index (χ0) is 22.8. The van der Waals surface area contributed by atoms with Gasteiger partial charge in [-0.3, -0.25) is 9.59 Å². The molecule has 162 valence electrons. The number of aryl methyl sites for hydroxylation is 2. The molecule has 1 heterocycles. The van der Waals surface area contributed by atoms with Crippen LogP contribution in [0.3, 0.4) is 0 Å². The molecule has 0 bridgehead atoms. The van der Waals surface area contributed by atoms with Gasteiger partial charge in [-0.25, -0.2) is 4.90 Å². The van der Waals surface area contributed by atoms with Gasteiger partial charge in [-0.15, -0.1) is 0 Å². The first-order chi connectivity index (χ1) is 15.5. The number of benzene rings is 3. The molecule has 1 aliphatic heterocycles. The molecule has 0 atom stereocenters. The Balaban J connectivity index is 1.93. The van der Waals surface area contributed by atoms with Crippen molar-refractivity contribution < 1.29 is 14.3 Å². The highest BCUT2D eigenvalue weighted by Crippen LogP contribution is 2.38. The molecule has 32 heavy (non-hydrogen) atoms. The number of hydrogen-bond acceptors (Lipinski definition) is 4. The smallest absolute Gasteiger partial charge is 0.282 e. The molecule has 0 spiro atoms. The van der Waals surface area contributed by atoms with Crippen molar-refractivity contribution in [2.24, 2.45) is 0 Å². The van der Waals surface area contributed by atoms with Gasteiger partial charge in [-0.1, -0.05) is 48.0 Å². The van der Waals surface area contributed by atoms with E-state index in [0.717, 1.165) is 22.4 Å². The second-order valence-corrected chi connectivity index (χ2v) is 7.77. The highest BCUT2D eigenvalue weighted by Gasteiger charge is 2.43. The highest BCUT2D eigenvalue weighted by molar-refractivity contribution is 6.46. The van der Waals surface area contributed by atoms with Gasteiger partial charge in [-0.05, 0) is 56.2 Å². The number of nitrogens with zero attached hydrogens (tertiary/aromatic N) is 2. The Hall–Kier alpha value is -3.86. The van der Waals surface area contributed by atoms with Crippen LogP contribution in [0, 0.1) is 13.8 Å². The average molecular weight is 427 g/mol. The first-order valence-corrected chi connectivity index (χ1v) is 10.6. The van der Waals surface area contributed by atoms with Crippen molar-refractivity contribution in [1.29, 1.82) is 0 Å². The number of imide groups is 1. The summed E-state index contributed by atoms with van der Waals surface area (Å²) in [5.74, 6) is -0.0939. The quantitative estimate of drug-likeness (QED) is 0.513. The molecular formula is C27H26N2O3.